The van der Waals surface area contributed by atoms with E-state index in [9.17, 15) is 14.4 Å². The second-order valence-electron chi connectivity index (χ2n) is 22.7. The standard InChI is InChI=1S/C69H128O6/c1-4-7-10-13-16-19-22-25-27-29-31-32-33-34-35-36-37-38-39-41-42-44-47-50-53-56-59-62-68(71)74-65-66(64-73-67(70)61-58-55-52-49-46-24-21-18-15-12-9-6-3)75-69(72)63-60-57-54-51-48-45-43-40-30-28-26-23-20-17-14-11-8-5-2/h18,21-22,25,29,31,66H,4-17,19-20,23-24,26-28,30,32-65H2,1-3H3/b21-18-,25-22-,31-29-. The Morgan fingerprint density at radius 3 is 0.773 bits per heavy atom. The molecule has 6 heteroatoms. The zero-order valence-corrected chi connectivity index (χ0v) is 50.6. The number of allylic oxidation sites excluding steroid dienone is 6. The van der Waals surface area contributed by atoms with Crippen molar-refractivity contribution in [2.75, 3.05) is 13.2 Å². The number of hydrogen-bond donors (Lipinski definition) is 0. The van der Waals surface area contributed by atoms with E-state index in [1.807, 2.05) is 0 Å². The van der Waals surface area contributed by atoms with Gasteiger partial charge in [0.05, 0.1) is 0 Å². The molecule has 0 rings (SSSR count). The molecule has 0 fully saturated rings. The SMILES string of the molecule is CCCCC/C=C\CCCCCCCC(=O)OCC(COC(=O)CCCCCCCCCCCCCCCCC/C=C\C/C=C\CCCCCCC)OC(=O)CCCCCCCCCCCCCCCCCCCC. The molecular weight excluding hydrogens is 925 g/mol. The van der Waals surface area contributed by atoms with Crippen molar-refractivity contribution in [3.8, 4) is 0 Å². The van der Waals surface area contributed by atoms with E-state index in [0.29, 0.717) is 19.3 Å². The lowest BCUT2D eigenvalue weighted by molar-refractivity contribution is -0.167. The van der Waals surface area contributed by atoms with Crippen LogP contribution in [-0.2, 0) is 28.6 Å². The molecule has 0 aliphatic heterocycles. The summed E-state index contributed by atoms with van der Waals surface area (Å²) in [5.74, 6) is -0.854. The third-order valence-electron chi connectivity index (χ3n) is 15.1. The van der Waals surface area contributed by atoms with Gasteiger partial charge in [0.1, 0.15) is 13.2 Å². The summed E-state index contributed by atoms with van der Waals surface area (Å²) in [4.78, 5) is 38.3. The Labute approximate surface area is 467 Å². The zero-order valence-electron chi connectivity index (χ0n) is 50.6. The van der Waals surface area contributed by atoms with Crippen LogP contribution in [0.5, 0.6) is 0 Å². The van der Waals surface area contributed by atoms with Crippen molar-refractivity contribution in [1.82, 2.24) is 0 Å². The quantitative estimate of drug-likeness (QED) is 0.0261. The number of ether oxygens (including phenoxy) is 3. The normalized spacial score (nSPS) is 12.2. The van der Waals surface area contributed by atoms with Crippen molar-refractivity contribution in [1.29, 1.82) is 0 Å². The van der Waals surface area contributed by atoms with Gasteiger partial charge < -0.3 is 14.2 Å². The first-order valence-corrected chi connectivity index (χ1v) is 33.5. The predicted molar refractivity (Wildman–Crippen MR) is 326 cm³/mol. The Bertz CT molecular complexity index is 1250. The first kappa shape index (κ1) is 72.6. The van der Waals surface area contributed by atoms with E-state index in [1.54, 1.807) is 0 Å². The molecule has 0 aliphatic carbocycles. The first-order valence-electron chi connectivity index (χ1n) is 33.5. The summed E-state index contributed by atoms with van der Waals surface area (Å²) in [5, 5.41) is 0. The molecule has 0 heterocycles. The van der Waals surface area contributed by atoms with E-state index in [4.69, 9.17) is 14.2 Å². The van der Waals surface area contributed by atoms with Gasteiger partial charge in [0.15, 0.2) is 6.10 Å². The highest BCUT2D eigenvalue weighted by atomic mass is 16.6. The highest BCUT2D eigenvalue weighted by molar-refractivity contribution is 5.71. The fraction of sp³-hybridized carbons (Fsp3) is 0.870. The summed E-state index contributed by atoms with van der Waals surface area (Å²) in [7, 11) is 0. The van der Waals surface area contributed by atoms with Crippen LogP contribution in [-0.4, -0.2) is 37.2 Å². The average molecular weight is 1050 g/mol. The summed E-state index contributed by atoms with van der Waals surface area (Å²) in [6, 6.07) is 0. The Balaban J connectivity index is 4.19. The number of esters is 3. The van der Waals surface area contributed by atoms with Gasteiger partial charge in [-0.25, -0.2) is 0 Å². The average Bonchev–Trinajstić information content (AvgIpc) is 3.41. The molecule has 0 saturated heterocycles. The van der Waals surface area contributed by atoms with Crippen LogP contribution in [0, 0.1) is 0 Å². The third-order valence-corrected chi connectivity index (χ3v) is 15.1. The minimum atomic E-state index is -0.772. The molecule has 0 N–H and O–H groups in total. The Hall–Kier alpha value is -2.37. The Kier molecular flexibility index (Phi) is 62.1. The largest absolute Gasteiger partial charge is 0.462 e. The molecule has 6 nitrogen and oxygen atoms in total. The van der Waals surface area contributed by atoms with Gasteiger partial charge in [0.25, 0.3) is 0 Å². The van der Waals surface area contributed by atoms with E-state index < -0.39 is 6.10 Å². The molecule has 1 unspecified atom stereocenters. The molecule has 440 valence electrons. The van der Waals surface area contributed by atoms with Crippen molar-refractivity contribution in [2.24, 2.45) is 0 Å². The molecule has 0 amide bonds. The van der Waals surface area contributed by atoms with Gasteiger partial charge in [0, 0.05) is 19.3 Å². The summed E-state index contributed by atoms with van der Waals surface area (Å²) in [5.41, 5.74) is 0. The number of rotatable bonds is 62. The van der Waals surface area contributed by atoms with Gasteiger partial charge >= 0.3 is 17.9 Å². The van der Waals surface area contributed by atoms with Crippen molar-refractivity contribution < 1.29 is 28.6 Å². The van der Waals surface area contributed by atoms with Crippen molar-refractivity contribution in [3.63, 3.8) is 0 Å². The molecule has 0 aromatic rings. The topological polar surface area (TPSA) is 78.9 Å². The van der Waals surface area contributed by atoms with E-state index >= 15 is 0 Å². The number of hydrogen-bond acceptors (Lipinski definition) is 6. The minimum Gasteiger partial charge on any atom is -0.462 e. The molecule has 0 spiro atoms. The highest BCUT2D eigenvalue weighted by Crippen LogP contribution is 2.18. The van der Waals surface area contributed by atoms with Gasteiger partial charge in [-0.2, -0.15) is 0 Å². The second-order valence-corrected chi connectivity index (χ2v) is 22.7. The molecule has 75 heavy (non-hydrogen) atoms. The summed E-state index contributed by atoms with van der Waals surface area (Å²) in [6.07, 6.45) is 78.8. The van der Waals surface area contributed by atoms with Crippen LogP contribution in [0.15, 0.2) is 36.5 Å². The molecule has 0 aromatic carbocycles. The lowest BCUT2D eigenvalue weighted by atomic mass is 10.0. The zero-order chi connectivity index (χ0) is 54.3. The van der Waals surface area contributed by atoms with Gasteiger partial charge in [-0.1, -0.05) is 308 Å². The van der Waals surface area contributed by atoms with Crippen LogP contribution in [0.2, 0.25) is 0 Å². The fourth-order valence-electron chi connectivity index (χ4n) is 10.1. The van der Waals surface area contributed by atoms with E-state index in [2.05, 4.69) is 57.2 Å². The van der Waals surface area contributed by atoms with Gasteiger partial charge in [-0.3, -0.25) is 14.4 Å². The van der Waals surface area contributed by atoms with E-state index in [0.717, 1.165) is 70.6 Å². The summed E-state index contributed by atoms with van der Waals surface area (Å²) in [6.45, 7) is 6.66. The first-order chi connectivity index (χ1) is 37.0. The highest BCUT2D eigenvalue weighted by Gasteiger charge is 2.19. The molecule has 0 aromatic heterocycles. The Morgan fingerprint density at radius 1 is 0.267 bits per heavy atom. The van der Waals surface area contributed by atoms with Crippen molar-refractivity contribution >= 4 is 17.9 Å². The van der Waals surface area contributed by atoms with Gasteiger partial charge in [-0.15, -0.1) is 0 Å². The van der Waals surface area contributed by atoms with E-state index in [-0.39, 0.29) is 31.1 Å². The lowest BCUT2D eigenvalue weighted by Gasteiger charge is -2.18. The maximum absolute atomic E-state index is 12.9. The predicted octanol–water partition coefficient (Wildman–Crippen LogP) is 22.8. The Morgan fingerprint density at radius 2 is 0.480 bits per heavy atom. The number of carbonyl (C=O) groups is 3. The number of unbranched alkanes of at least 4 members (excludes halogenated alkanes) is 45. The monoisotopic (exact) mass is 1050 g/mol. The van der Waals surface area contributed by atoms with Crippen LogP contribution in [0.25, 0.3) is 0 Å². The maximum Gasteiger partial charge on any atom is 0.306 e. The molecule has 0 aliphatic rings. The summed E-state index contributed by atoms with van der Waals surface area (Å²) < 4.78 is 16.9. The second kappa shape index (κ2) is 64.2. The number of carbonyl (C=O) groups excluding carboxylic acids is 3. The maximum atomic E-state index is 12.9. The van der Waals surface area contributed by atoms with Crippen LogP contribution >= 0.6 is 0 Å². The summed E-state index contributed by atoms with van der Waals surface area (Å²) >= 11 is 0. The van der Waals surface area contributed by atoms with Gasteiger partial charge in [0.2, 0.25) is 0 Å². The molecule has 0 radical (unpaired) electrons. The molecule has 0 saturated carbocycles. The van der Waals surface area contributed by atoms with Crippen molar-refractivity contribution in [3.05, 3.63) is 36.5 Å². The van der Waals surface area contributed by atoms with Gasteiger partial charge in [-0.05, 0) is 77.0 Å². The lowest BCUT2D eigenvalue weighted by Crippen LogP contribution is -2.30. The molecular formula is C69H128O6. The molecule has 0 bridgehead atoms. The molecule has 1 atom stereocenters. The van der Waals surface area contributed by atoms with Crippen LogP contribution in [0.4, 0.5) is 0 Å². The van der Waals surface area contributed by atoms with Crippen LogP contribution in [0.1, 0.15) is 367 Å². The minimum absolute atomic E-state index is 0.0698. The fourth-order valence-corrected chi connectivity index (χ4v) is 10.1. The van der Waals surface area contributed by atoms with E-state index in [1.165, 1.54) is 257 Å². The third kappa shape index (κ3) is 62.4. The van der Waals surface area contributed by atoms with Crippen LogP contribution in [0.3, 0.4) is 0 Å². The van der Waals surface area contributed by atoms with Crippen molar-refractivity contribution in [2.45, 2.75) is 374 Å². The van der Waals surface area contributed by atoms with Crippen LogP contribution < -0.4 is 0 Å². The smallest absolute Gasteiger partial charge is 0.306 e.